The van der Waals surface area contributed by atoms with E-state index in [9.17, 15) is 0 Å². The molecule has 1 rings (SSSR count). The summed E-state index contributed by atoms with van der Waals surface area (Å²) in [5.74, 6) is 0. The first-order valence-electron chi connectivity index (χ1n) is 6.14. The molecule has 1 heteroatoms. The molecular formula is C12H25Si. The van der Waals surface area contributed by atoms with Crippen LogP contribution >= 0.6 is 0 Å². The Hall–Kier alpha value is 0.217. The Morgan fingerprint density at radius 1 is 0.846 bits per heavy atom. The van der Waals surface area contributed by atoms with Gasteiger partial charge in [0.25, 0.3) is 0 Å². The second-order valence-electron chi connectivity index (χ2n) is 4.51. The minimum Gasteiger partial charge on any atom is -0.0678 e. The molecule has 0 aromatic heterocycles. The molecule has 77 valence electrons. The molecule has 1 saturated carbocycles. The van der Waals surface area contributed by atoms with Gasteiger partial charge in [-0.25, -0.2) is 0 Å². The van der Waals surface area contributed by atoms with Crippen molar-refractivity contribution in [1.29, 1.82) is 0 Å². The van der Waals surface area contributed by atoms with Crippen LogP contribution in [0, 0.1) is 5.54 Å². The fourth-order valence-electron chi connectivity index (χ4n) is 3.01. The van der Waals surface area contributed by atoms with Crippen LogP contribution < -0.4 is 0 Å². The second kappa shape index (κ2) is 5.19. The van der Waals surface area contributed by atoms with Crippen molar-refractivity contribution in [3.8, 4) is 0 Å². The summed E-state index contributed by atoms with van der Waals surface area (Å²) < 4.78 is 0. The molecule has 1 fully saturated rings. The summed E-state index contributed by atoms with van der Waals surface area (Å²) >= 11 is 0. The molecule has 0 unspecified atom stereocenters. The van der Waals surface area contributed by atoms with Gasteiger partial charge in [-0.05, 0) is 18.4 Å². The van der Waals surface area contributed by atoms with Crippen LogP contribution in [0.4, 0.5) is 0 Å². The first-order chi connectivity index (χ1) is 6.29. The number of hydrogen-bond donors (Lipinski definition) is 0. The Labute approximate surface area is 85.1 Å². The van der Waals surface area contributed by atoms with Crippen molar-refractivity contribution in [1.82, 2.24) is 0 Å². The Kier molecular flexibility index (Phi) is 4.50. The predicted octanol–water partition coefficient (Wildman–Crippen LogP) is 4.57. The molecule has 0 aromatic rings. The van der Waals surface area contributed by atoms with Gasteiger partial charge in [0.05, 0.1) is 8.07 Å². The highest BCUT2D eigenvalue weighted by Gasteiger charge is 2.36. The normalized spacial score (nSPS) is 20.5. The molecule has 1 radical (unpaired) electrons. The highest BCUT2D eigenvalue weighted by atomic mass is 28.3. The van der Waals surface area contributed by atoms with Gasteiger partial charge in [-0.15, -0.1) is 0 Å². The van der Waals surface area contributed by atoms with Crippen LogP contribution in [0.1, 0.15) is 52.9 Å². The monoisotopic (exact) mass is 197 g/mol. The third-order valence-corrected chi connectivity index (χ3v) is 10.3. The van der Waals surface area contributed by atoms with Crippen LogP contribution in [0.2, 0.25) is 18.1 Å². The van der Waals surface area contributed by atoms with Gasteiger partial charge in [0.15, 0.2) is 0 Å². The van der Waals surface area contributed by atoms with Crippen LogP contribution in [0.25, 0.3) is 0 Å². The van der Waals surface area contributed by atoms with E-state index in [2.05, 4.69) is 20.8 Å². The fourth-order valence-corrected chi connectivity index (χ4v) is 7.42. The lowest BCUT2D eigenvalue weighted by molar-refractivity contribution is 0.564. The molecule has 0 spiro atoms. The first-order valence-corrected chi connectivity index (χ1v) is 8.76. The van der Waals surface area contributed by atoms with Crippen molar-refractivity contribution in [2.24, 2.45) is 0 Å². The lowest BCUT2D eigenvalue weighted by Gasteiger charge is -2.39. The molecule has 0 amide bonds. The van der Waals surface area contributed by atoms with E-state index in [1.807, 2.05) is 5.54 Å². The van der Waals surface area contributed by atoms with Crippen molar-refractivity contribution in [2.75, 3.05) is 0 Å². The van der Waals surface area contributed by atoms with Crippen LogP contribution in [0.3, 0.4) is 0 Å². The molecule has 1 aliphatic carbocycles. The van der Waals surface area contributed by atoms with Gasteiger partial charge in [-0.3, -0.25) is 0 Å². The van der Waals surface area contributed by atoms with Crippen LogP contribution in [0.5, 0.6) is 0 Å². The van der Waals surface area contributed by atoms with Gasteiger partial charge in [-0.2, -0.15) is 0 Å². The average molecular weight is 197 g/mol. The summed E-state index contributed by atoms with van der Waals surface area (Å²) in [5, 5.41) is 0. The van der Waals surface area contributed by atoms with Crippen molar-refractivity contribution < 1.29 is 0 Å². The maximum Gasteiger partial charge on any atom is 0.0592 e. The third-order valence-electron chi connectivity index (χ3n) is 4.24. The molecular weight excluding hydrogens is 172 g/mol. The van der Waals surface area contributed by atoms with Crippen LogP contribution in [0.15, 0.2) is 0 Å². The van der Waals surface area contributed by atoms with E-state index in [-0.39, 0.29) is 0 Å². The number of hydrogen-bond acceptors (Lipinski definition) is 0. The van der Waals surface area contributed by atoms with Gasteiger partial charge in [0.1, 0.15) is 0 Å². The molecule has 1 aliphatic rings. The molecule has 0 N–H and O–H groups in total. The molecule has 0 bridgehead atoms. The Bertz CT molecular complexity index is 124. The first kappa shape index (κ1) is 11.3. The minimum absolute atomic E-state index is 0.900. The summed E-state index contributed by atoms with van der Waals surface area (Å²) in [6, 6.07) is 4.49. The fraction of sp³-hybridized carbons (Fsp3) is 0.917. The van der Waals surface area contributed by atoms with E-state index in [4.69, 9.17) is 0 Å². The minimum atomic E-state index is -0.900. The van der Waals surface area contributed by atoms with Crippen LogP contribution in [-0.2, 0) is 0 Å². The van der Waals surface area contributed by atoms with Crippen molar-refractivity contribution in [3.63, 3.8) is 0 Å². The summed E-state index contributed by atoms with van der Waals surface area (Å²) in [4.78, 5) is 0. The number of rotatable bonds is 4. The van der Waals surface area contributed by atoms with E-state index in [0.29, 0.717) is 0 Å². The average Bonchev–Trinajstić information content (AvgIpc) is 2.23. The molecule has 0 aromatic carbocycles. The lowest BCUT2D eigenvalue weighted by Crippen LogP contribution is -2.40. The van der Waals surface area contributed by atoms with E-state index in [1.165, 1.54) is 50.2 Å². The van der Waals surface area contributed by atoms with Crippen molar-refractivity contribution in [2.45, 2.75) is 71.0 Å². The van der Waals surface area contributed by atoms with E-state index in [0.717, 1.165) is 0 Å². The Morgan fingerprint density at radius 2 is 1.31 bits per heavy atom. The summed E-state index contributed by atoms with van der Waals surface area (Å²) in [6.07, 6.45) is 7.45. The second-order valence-corrected chi connectivity index (χ2v) is 9.89. The molecule has 0 atom stereocenters. The van der Waals surface area contributed by atoms with Gasteiger partial charge in [0, 0.05) is 0 Å². The highest BCUT2D eigenvalue weighted by Crippen LogP contribution is 2.39. The third kappa shape index (κ3) is 2.37. The summed E-state index contributed by atoms with van der Waals surface area (Å²) in [5.41, 5.74) is 2.03. The zero-order valence-electron chi connectivity index (χ0n) is 9.66. The molecule has 13 heavy (non-hydrogen) atoms. The molecule has 0 aliphatic heterocycles. The molecule has 0 saturated heterocycles. The Morgan fingerprint density at radius 3 is 1.69 bits per heavy atom. The van der Waals surface area contributed by atoms with Crippen molar-refractivity contribution >= 4 is 8.07 Å². The van der Waals surface area contributed by atoms with Gasteiger partial charge in [0.2, 0.25) is 0 Å². The lowest BCUT2D eigenvalue weighted by atomic mass is 10.0. The SMILES string of the molecule is CC[Si](CC)(CC)[C]1CCCCC1. The van der Waals surface area contributed by atoms with E-state index in [1.54, 1.807) is 0 Å². The maximum atomic E-state index is 2.43. The zero-order valence-corrected chi connectivity index (χ0v) is 10.7. The van der Waals surface area contributed by atoms with E-state index < -0.39 is 8.07 Å². The summed E-state index contributed by atoms with van der Waals surface area (Å²) in [7, 11) is -0.900. The molecule has 0 heterocycles. The van der Waals surface area contributed by atoms with Gasteiger partial charge < -0.3 is 0 Å². The Balaban J connectivity index is 2.60. The van der Waals surface area contributed by atoms with E-state index >= 15 is 0 Å². The highest BCUT2D eigenvalue weighted by molar-refractivity contribution is 6.84. The van der Waals surface area contributed by atoms with Gasteiger partial charge in [-0.1, -0.05) is 58.2 Å². The zero-order chi connectivity index (χ0) is 9.73. The standard InChI is InChI=1S/C12H25Si/c1-4-13(5-2,6-3)12-10-8-7-9-11-12/h4-11H2,1-3H3. The largest absolute Gasteiger partial charge is 0.0678 e. The molecule has 0 nitrogen and oxygen atoms in total. The summed E-state index contributed by atoms with van der Waals surface area (Å²) in [6.45, 7) is 7.29. The van der Waals surface area contributed by atoms with Crippen LogP contribution in [-0.4, -0.2) is 8.07 Å². The maximum absolute atomic E-state index is 2.43. The quantitative estimate of drug-likeness (QED) is 0.579. The smallest absolute Gasteiger partial charge is 0.0592 e. The predicted molar refractivity (Wildman–Crippen MR) is 63.5 cm³/mol. The van der Waals surface area contributed by atoms with Crippen molar-refractivity contribution in [3.05, 3.63) is 5.54 Å². The van der Waals surface area contributed by atoms with Gasteiger partial charge >= 0.3 is 0 Å². The topological polar surface area (TPSA) is 0 Å².